The molecular weight excluding hydrogens is 300 g/mol. The molecule has 1 aromatic rings. The van der Waals surface area contributed by atoms with Gasteiger partial charge in [-0.15, -0.1) is 0 Å². The summed E-state index contributed by atoms with van der Waals surface area (Å²) in [6.07, 6.45) is 0. The smallest absolute Gasteiger partial charge is 0.282 e. The molecule has 102 valence electrons. The molecule has 0 fully saturated rings. The normalized spacial score (nSPS) is 11.4. The Labute approximate surface area is 101 Å². The van der Waals surface area contributed by atoms with E-state index in [1.807, 2.05) is 0 Å². The second-order valence-electron chi connectivity index (χ2n) is 2.64. The van der Waals surface area contributed by atoms with Gasteiger partial charge in [0.15, 0.2) is 0 Å². The number of hydrogen-bond acceptors (Lipinski definition) is 4. The molecule has 0 aromatic heterocycles. The van der Waals surface area contributed by atoms with E-state index in [1.54, 1.807) is 0 Å². The molecule has 0 aliphatic carbocycles. The zero-order valence-electron chi connectivity index (χ0n) is 8.36. The van der Waals surface area contributed by atoms with Crippen molar-refractivity contribution in [2.45, 2.75) is 9.79 Å². The predicted molar refractivity (Wildman–Crippen MR) is 55.1 cm³/mol. The maximum Gasteiger partial charge on any atom is 0.762 e. The Hall–Kier alpha value is -1.11. The van der Waals surface area contributed by atoms with Crippen molar-refractivity contribution in [2.75, 3.05) is 0 Å². The summed E-state index contributed by atoms with van der Waals surface area (Å²) in [6.45, 7) is 0. The molecule has 18 heavy (non-hydrogen) atoms. The zero-order chi connectivity index (χ0) is 14.6. The van der Waals surface area contributed by atoms with Crippen molar-refractivity contribution in [3.05, 3.63) is 24.3 Å². The fourth-order valence-corrected chi connectivity index (χ4v) is 2.65. The predicted octanol–water partition coefficient (Wildman–Crippen LogP) is 1.06. The Balaban J connectivity index is 0.000000631. The van der Waals surface area contributed by atoms with Gasteiger partial charge in [-0.2, -0.15) is 16.8 Å². The minimum absolute atomic E-state index is 0.845. The van der Waals surface area contributed by atoms with Crippen LogP contribution in [0, 0.1) is 0 Å². The van der Waals surface area contributed by atoms with E-state index in [9.17, 15) is 29.8 Å². The van der Waals surface area contributed by atoms with Gasteiger partial charge in [-0.25, -0.2) is 0 Å². The lowest BCUT2D eigenvalue weighted by Crippen LogP contribution is -2.07. The molecule has 0 radical (unpaired) electrons. The summed E-state index contributed by atoms with van der Waals surface area (Å²) >= 11 is 0. The molecule has 0 saturated carbocycles. The summed E-state index contributed by atoms with van der Waals surface area (Å²) in [6, 6.07) is 4.19. The molecule has 2 N–H and O–H groups in total. The van der Waals surface area contributed by atoms with E-state index in [0.29, 0.717) is 0 Å². The molecule has 0 heterocycles. The molecule has 0 saturated heterocycles. The van der Waals surface area contributed by atoms with Gasteiger partial charge in [0.1, 0.15) is 9.79 Å². The van der Waals surface area contributed by atoms with Crippen molar-refractivity contribution in [1.82, 2.24) is 0 Å². The fraction of sp³-hybridized carbons (Fsp3) is 0. The van der Waals surface area contributed by atoms with E-state index in [0.717, 1.165) is 12.1 Å². The Kier molecular flexibility index (Phi) is 5.80. The van der Waals surface area contributed by atoms with Gasteiger partial charge in [-0.1, -0.05) is 12.1 Å². The van der Waals surface area contributed by atoms with Crippen molar-refractivity contribution in [3.63, 3.8) is 0 Å². The van der Waals surface area contributed by atoms with Crippen molar-refractivity contribution in [2.24, 2.45) is 0 Å². The average molecular weight is 306 g/mol. The highest BCUT2D eigenvalue weighted by Gasteiger charge is 2.22. The molecule has 0 bridgehead atoms. The highest BCUT2D eigenvalue weighted by Crippen LogP contribution is 2.19. The van der Waals surface area contributed by atoms with Gasteiger partial charge < -0.3 is 0 Å². The Morgan fingerprint density at radius 2 is 1.06 bits per heavy atom. The lowest BCUT2D eigenvalue weighted by atomic mass is 10.4. The van der Waals surface area contributed by atoms with Crippen LogP contribution in [0.25, 0.3) is 0 Å². The molecule has 0 atom stereocenters. The first kappa shape index (κ1) is 16.9. The first-order chi connectivity index (χ1) is 7.96. The van der Waals surface area contributed by atoms with Crippen LogP contribution < -0.4 is 0 Å². The average Bonchev–Trinajstić information content (AvgIpc) is 2.14. The van der Waals surface area contributed by atoms with Gasteiger partial charge in [-0.05, 0) is 12.1 Å². The molecule has 1 rings (SSSR count). The number of rotatable bonds is 2. The van der Waals surface area contributed by atoms with Crippen LogP contribution in [-0.2, 0) is 20.2 Å². The third kappa shape index (κ3) is 6.00. The van der Waals surface area contributed by atoms with E-state index >= 15 is 0 Å². The summed E-state index contributed by atoms with van der Waals surface area (Å²) in [4.78, 5) is -1.69. The van der Waals surface area contributed by atoms with Crippen LogP contribution in [0.1, 0.15) is 0 Å². The summed E-state index contributed by atoms with van der Waals surface area (Å²) in [5, 5.41) is 0. The van der Waals surface area contributed by atoms with Crippen molar-refractivity contribution in [3.8, 4) is 0 Å². The lowest BCUT2D eigenvalue weighted by Gasteiger charge is -2.02. The molecule has 6 nitrogen and oxygen atoms in total. The summed E-state index contributed by atoms with van der Waals surface area (Å²) in [5.41, 5.74) is 0. The third-order valence-electron chi connectivity index (χ3n) is 1.40. The molecule has 0 aliphatic heterocycles. The second-order valence-corrected chi connectivity index (χ2v) is 5.42. The zero-order valence-corrected chi connectivity index (χ0v) is 10.00. The SMILES string of the molecule is FB(F)F.O=S(=O)(O)c1ccccc1S(=O)(=O)O. The second kappa shape index (κ2) is 6.18. The largest absolute Gasteiger partial charge is 0.762 e. The molecule has 0 aliphatic rings. The third-order valence-corrected chi connectivity index (χ3v) is 3.36. The van der Waals surface area contributed by atoms with Gasteiger partial charge >= 0.3 is 7.54 Å². The highest BCUT2D eigenvalue weighted by molar-refractivity contribution is 7.89. The van der Waals surface area contributed by atoms with Crippen molar-refractivity contribution < 1.29 is 38.9 Å². The topological polar surface area (TPSA) is 109 Å². The van der Waals surface area contributed by atoms with Crippen LogP contribution >= 0.6 is 0 Å². The molecule has 0 spiro atoms. The summed E-state index contributed by atoms with van der Waals surface area (Å²) in [7, 11) is -13.0. The standard InChI is InChI=1S/C6H6O6S2.BF3/c7-13(8,9)5-3-1-2-4-6(5)14(10,11)12;2-1(3)4/h1-4H,(H,7,8,9)(H,10,11,12);. The first-order valence-electron chi connectivity index (χ1n) is 3.92. The quantitative estimate of drug-likeness (QED) is 0.624. The van der Waals surface area contributed by atoms with E-state index in [1.165, 1.54) is 12.1 Å². The van der Waals surface area contributed by atoms with Crippen LogP contribution in [0.5, 0.6) is 0 Å². The minimum Gasteiger partial charge on any atom is -0.282 e. The lowest BCUT2D eigenvalue weighted by molar-refractivity contribution is 0.466. The molecule has 0 unspecified atom stereocenters. The van der Waals surface area contributed by atoms with Crippen LogP contribution in [-0.4, -0.2) is 33.5 Å². The van der Waals surface area contributed by atoms with Gasteiger partial charge in [0.2, 0.25) is 0 Å². The van der Waals surface area contributed by atoms with Crippen LogP contribution in [0.15, 0.2) is 34.1 Å². The summed E-state index contributed by atoms with van der Waals surface area (Å²) in [5.74, 6) is 0. The fourth-order valence-electron chi connectivity index (χ4n) is 0.876. The molecular formula is C6H6BF3O6S2. The van der Waals surface area contributed by atoms with Crippen molar-refractivity contribution >= 4 is 27.8 Å². The maximum absolute atomic E-state index is 10.7. The van der Waals surface area contributed by atoms with Crippen LogP contribution in [0.4, 0.5) is 12.9 Å². The Morgan fingerprint density at radius 1 is 0.833 bits per heavy atom. The van der Waals surface area contributed by atoms with Gasteiger partial charge in [-0.3, -0.25) is 22.1 Å². The van der Waals surface area contributed by atoms with E-state index in [-0.39, 0.29) is 0 Å². The van der Waals surface area contributed by atoms with E-state index < -0.39 is 37.6 Å². The maximum atomic E-state index is 10.7. The van der Waals surface area contributed by atoms with Gasteiger partial charge in [0, 0.05) is 0 Å². The molecule has 1 aromatic carbocycles. The Bertz CT molecular complexity index is 546. The minimum atomic E-state index is -4.66. The molecule has 0 amide bonds. The van der Waals surface area contributed by atoms with Gasteiger partial charge in [0.05, 0.1) is 0 Å². The Morgan fingerprint density at radius 3 is 1.22 bits per heavy atom. The van der Waals surface area contributed by atoms with E-state index in [4.69, 9.17) is 9.11 Å². The number of benzene rings is 1. The van der Waals surface area contributed by atoms with E-state index in [2.05, 4.69) is 0 Å². The van der Waals surface area contributed by atoms with Crippen molar-refractivity contribution in [1.29, 1.82) is 0 Å². The number of hydrogen-bond donors (Lipinski definition) is 2. The van der Waals surface area contributed by atoms with Crippen LogP contribution in [0.3, 0.4) is 0 Å². The van der Waals surface area contributed by atoms with Crippen LogP contribution in [0.2, 0.25) is 0 Å². The highest BCUT2D eigenvalue weighted by atomic mass is 32.2. The number of halogens is 3. The first-order valence-corrected chi connectivity index (χ1v) is 6.80. The monoisotopic (exact) mass is 306 g/mol. The summed E-state index contributed by atoms with van der Waals surface area (Å²) < 4.78 is 89.0. The van der Waals surface area contributed by atoms with Gasteiger partial charge in [0.25, 0.3) is 20.2 Å². The molecule has 12 heteroatoms.